The van der Waals surface area contributed by atoms with Crippen LogP contribution in [0.25, 0.3) is 0 Å². The van der Waals surface area contributed by atoms with E-state index in [2.05, 4.69) is 5.32 Å². The summed E-state index contributed by atoms with van der Waals surface area (Å²) in [7, 11) is 0. The molecule has 23 heavy (non-hydrogen) atoms. The van der Waals surface area contributed by atoms with Gasteiger partial charge in [-0.05, 0) is 36.6 Å². The van der Waals surface area contributed by atoms with E-state index in [1.54, 1.807) is 24.3 Å². The molecule has 1 amide bonds. The summed E-state index contributed by atoms with van der Waals surface area (Å²) >= 11 is 6.91. The van der Waals surface area contributed by atoms with E-state index in [-0.39, 0.29) is 29.1 Å². The number of aliphatic carboxylic acids is 1. The van der Waals surface area contributed by atoms with E-state index in [0.717, 1.165) is 11.8 Å². The van der Waals surface area contributed by atoms with Crippen molar-refractivity contribution < 1.29 is 19.5 Å². The van der Waals surface area contributed by atoms with Gasteiger partial charge in [0.05, 0.1) is 11.5 Å². The van der Waals surface area contributed by atoms with Crippen molar-refractivity contribution in [2.24, 2.45) is 5.92 Å². The lowest BCUT2D eigenvalue weighted by Gasteiger charge is -2.16. The van der Waals surface area contributed by atoms with Gasteiger partial charge in [0, 0.05) is 10.6 Å². The molecule has 126 valence electrons. The fraction of sp³-hybridized carbons (Fsp3) is 0.438. The van der Waals surface area contributed by atoms with Crippen LogP contribution in [0.15, 0.2) is 24.3 Å². The lowest BCUT2D eigenvalue weighted by atomic mass is 10.0. The maximum absolute atomic E-state index is 11.9. The third kappa shape index (κ3) is 7.52. The molecule has 1 rings (SSSR count). The second-order valence-corrected chi connectivity index (χ2v) is 6.93. The molecule has 0 aliphatic carbocycles. The summed E-state index contributed by atoms with van der Waals surface area (Å²) in [4.78, 5) is 34.8. The Labute approximate surface area is 144 Å². The van der Waals surface area contributed by atoms with E-state index >= 15 is 0 Å². The highest BCUT2D eigenvalue weighted by Gasteiger charge is 2.21. The standard InChI is InChI=1S/C16H20ClNO4S/c1-10(2)7-13(16(21)22)18-15(20)9-23-8-14(19)11-3-5-12(17)6-4-11/h3-6,10,13H,7-9H2,1-2H3,(H,18,20)(H,21,22)/t13-/m1/s1. The zero-order chi connectivity index (χ0) is 17.4. The molecule has 0 fully saturated rings. The summed E-state index contributed by atoms with van der Waals surface area (Å²) in [6.07, 6.45) is 0.370. The molecule has 1 atom stereocenters. The number of rotatable bonds is 9. The zero-order valence-electron chi connectivity index (χ0n) is 13.0. The highest BCUT2D eigenvalue weighted by atomic mass is 35.5. The number of Topliss-reactive ketones (excluding diaryl/α,β-unsaturated/α-hetero) is 1. The number of amides is 1. The van der Waals surface area contributed by atoms with Crippen molar-refractivity contribution in [1.82, 2.24) is 5.32 Å². The number of carboxylic acid groups (broad SMARTS) is 1. The SMILES string of the molecule is CC(C)C[C@@H](NC(=O)CSCC(=O)c1ccc(Cl)cc1)C(=O)O. The van der Waals surface area contributed by atoms with Gasteiger partial charge >= 0.3 is 5.97 Å². The molecule has 2 N–H and O–H groups in total. The summed E-state index contributed by atoms with van der Waals surface area (Å²) in [6, 6.07) is 5.64. The van der Waals surface area contributed by atoms with Crippen LogP contribution in [-0.4, -0.2) is 40.3 Å². The molecule has 0 saturated heterocycles. The molecule has 5 nitrogen and oxygen atoms in total. The topological polar surface area (TPSA) is 83.5 Å². The van der Waals surface area contributed by atoms with Crippen LogP contribution in [0.2, 0.25) is 5.02 Å². The number of carbonyl (C=O) groups excluding carboxylic acids is 2. The van der Waals surface area contributed by atoms with Gasteiger partial charge < -0.3 is 10.4 Å². The molecule has 0 bridgehead atoms. The van der Waals surface area contributed by atoms with Gasteiger partial charge in [-0.3, -0.25) is 9.59 Å². The van der Waals surface area contributed by atoms with Crippen molar-refractivity contribution in [2.45, 2.75) is 26.3 Å². The minimum Gasteiger partial charge on any atom is -0.480 e. The van der Waals surface area contributed by atoms with Crippen molar-refractivity contribution in [3.8, 4) is 0 Å². The van der Waals surface area contributed by atoms with E-state index in [0.29, 0.717) is 17.0 Å². The van der Waals surface area contributed by atoms with Gasteiger partial charge in [-0.15, -0.1) is 11.8 Å². The van der Waals surface area contributed by atoms with Crippen LogP contribution in [0, 0.1) is 5.92 Å². The third-order valence-corrected chi connectivity index (χ3v) is 4.16. The number of thioether (sulfide) groups is 1. The number of carbonyl (C=O) groups is 3. The molecule has 0 aliphatic rings. The van der Waals surface area contributed by atoms with Gasteiger partial charge in [0.1, 0.15) is 6.04 Å². The van der Waals surface area contributed by atoms with Crippen LogP contribution in [-0.2, 0) is 9.59 Å². The Morgan fingerprint density at radius 2 is 1.78 bits per heavy atom. The quantitative estimate of drug-likeness (QED) is 0.664. The molecule has 0 saturated carbocycles. The van der Waals surface area contributed by atoms with Gasteiger partial charge in [-0.2, -0.15) is 0 Å². The van der Waals surface area contributed by atoms with Crippen LogP contribution in [0.1, 0.15) is 30.6 Å². The molecule has 0 heterocycles. The number of hydrogen-bond donors (Lipinski definition) is 2. The third-order valence-electron chi connectivity index (χ3n) is 2.97. The Hall–Kier alpha value is -1.53. The smallest absolute Gasteiger partial charge is 0.326 e. The van der Waals surface area contributed by atoms with Gasteiger partial charge in [-0.25, -0.2) is 4.79 Å². The van der Waals surface area contributed by atoms with Crippen LogP contribution < -0.4 is 5.32 Å². The molecule has 0 spiro atoms. The van der Waals surface area contributed by atoms with Crippen LogP contribution in [0.3, 0.4) is 0 Å². The maximum atomic E-state index is 11.9. The number of nitrogens with one attached hydrogen (secondary N) is 1. The summed E-state index contributed by atoms with van der Waals surface area (Å²) < 4.78 is 0. The highest BCUT2D eigenvalue weighted by Crippen LogP contribution is 2.12. The fourth-order valence-electron chi connectivity index (χ4n) is 1.88. The Morgan fingerprint density at radius 1 is 1.17 bits per heavy atom. The van der Waals surface area contributed by atoms with Crippen molar-refractivity contribution in [3.63, 3.8) is 0 Å². The largest absolute Gasteiger partial charge is 0.480 e. The Bertz CT molecular complexity index is 560. The minimum absolute atomic E-state index is 0.0429. The molecule has 0 aromatic heterocycles. The van der Waals surface area contributed by atoms with Crippen LogP contribution >= 0.6 is 23.4 Å². The molecule has 1 aromatic carbocycles. The summed E-state index contributed by atoms with van der Waals surface area (Å²) in [5.41, 5.74) is 0.533. The van der Waals surface area contributed by atoms with Crippen molar-refractivity contribution in [2.75, 3.05) is 11.5 Å². The number of carboxylic acids is 1. The maximum Gasteiger partial charge on any atom is 0.326 e. The van der Waals surface area contributed by atoms with Crippen molar-refractivity contribution >= 4 is 41.0 Å². The lowest BCUT2D eigenvalue weighted by molar-refractivity contribution is -0.141. The average molecular weight is 358 g/mol. The fourth-order valence-corrected chi connectivity index (χ4v) is 2.73. The number of benzene rings is 1. The first-order valence-corrected chi connectivity index (χ1v) is 8.71. The summed E-state index contributed by atoms with van der Waals surface area (Å²) in [5.74, 6) is -1.17. The second kappa shape index (κ2) is 9.57. The van der Waals surface area contributed by atoms with E-state index in [1.807, 2.05) is 13.8 Å². The monoisotopic (exact) mass is 357 g/mol. The van der Waals surface area contributed by atoms with E-state index in [9.17, 15) is 14.4 Å². The first-order chi connectivity index (χ1) is 10.8. The van der Waals surface area contributed by atoms with E-state index < -0.39 is 12.0 Å². The van der Waals surface area contributed by atoms with Crippen molar-refractivity contribution in [3.05, 3.63) is 34.9 Å². The normalized spacial score (nSPS) is 12.0. The molecule has 1 aromatic rings. The van der Waals surface area contributed by atoms with E-state index in [4.69, 9.17) is 16.7 Å². The molecular formula is C16H20ClNO4S. The van der Waals surface area contributed by atoms with Crippen molar-refractivity contribution in [1.29, 1.82) is 0 Å². The summed E-state index contributed by atoms with van der Waals surface area (Å²) in [6.45, 7) is 3.78. The molecule has 0 unspecified atom stereocenters. The molecule has 7 heteroatoms. The van der Waals surface area contributed by atoms with E-state index in [1.165, 1.54) is 0 Å². The van der Waals surface area contributed by atoms with Crippen LogP contribution in [0.4, 0.5) is 0 Å². The number of ketones is 1. The predicted molar refractivity (Wildman–Crippen MR) is 92.1 cm³/mol. The first-order valence-electron chi connectivity index (χ1n) is 7.18. The molecule has 0 radical (unpaired) electrons. The Kier molecular flexibility index (Phi) is 8.12. The average Bonchev–Trinajstić information content (AvgIpc) is 2.46. The Balaban J connectivity index is 2.39. The highest BCUT2D eigenvalue weighted by molar-refractivity contribution is 8.00. The summed E-state index contributed by atoms with van der Waals surface area (Å²) in [5, 5.41) is 12.1. The predicted octanol–water partition coefficient (Wildman–Crippen LogP) is 2.87. The van der Waals surface area contributed by atoms with Gasteiger partial charge in [0.25, 0.3) is 0 Å². The number of halogens is 1. The number of hydrogen-bond acceptors (Lipinski definition) is 4. The van der Waals surface area contributed by atoms with Gasteiger partial charge in [0.2, 0.25) is 5.91 Å². The molecule has 0 aliphatic heterocycles. The lowest BCUT2D eigenvalue weighted by Crippen LogP contribution is -2.42. The first kappa shape index (κ1) is 19.5. The van der Waals surface area contributed by atoms with Crippen LogP contribution in [0.5, 0.6) is 0 Å². The Morgan fingerprint density at radius 3 is 2.30 bits per heavy atom. The molecular weight excluding hydrogens is 338 g/mol. The van der Waals surface area contributed by atoms with Gasteiger partial charge in [-0.1, -0.05) is 25.4 Å². The minimum atomic E-state index is -1.05. The zero-order valence-corrected chi connectivity index (χ0v) is 14.6. The second-order valence-electron chi connectivity index (χ2n) is 5.51. The van der Waals surface area contributed by atoms with Gasteiger partial charge in [0.15, 0.2) is 5.78 Å².